The second-order valence-corrected chi connectivity index (χ2v) is 6.17. The number of hydrogen-bond donors (Lipinski definition) is 1. The fourth-order valence-electron chi connectivity index (χ4n) is 2.30. The standard InChI is InChI=1S/C15H11ClINO/c16-10-5-6-14(13(17)8-10)18-15(19)12-7-9-3-1-2-4-11(9)12/h1-6,8,12H,7H2,(H,18,19). The fourth-order valence-corrected chi connectivity index (χ4v) is 3.31. The molecular formula is C15H11ClINO. The van der Waals surface area contributed by atoms with Crippen molar-refractivity contribution in [1.82, 2.24) is 0 Å². The van der Waals surface area contributed by atoms with Gasteiger partial charge in [-0.3, -0.25) is 4.79 Å². The Bertz CT molecular complexity index is 656. The number of carbonyl (C=O) groups excluding carboxylic acids is 1. The van der Waals surface area contributed by atoms with Crippen LogP contribution in [0.25, 0.3) is 0 Å². The molecule has 0 saturated carbocycles. The van der Waals surface area contributed by atoms with E-state index in [9.17, 15) is 4.79 Å². The summed E-state index contributed by atoms with van der Waals surface area (Å²) < 4.78 is 0.950. The van der Waals surface area contributed by atoms with Gasteiger partial charge in [0, 0.05) is 8.59 Å². The molecule has 1 atom stereocenters. The summed E-state index contributed by atoms with van der Waals surface area (Å²) in [7, 11) is 0. The zero-order chi connectivity index (χ0) is 13.4. The minimum Gasteiger partial charge on any atom is -0.325 e. The van der Waals surface area contributed by atoms with Gasteiger partial charge in [0.2, 0.25) is 5.91 Å². The molecule has 0 spiro atoms. The maximum absolute atomic E-state index is 12.2. The molecule has 96 valence electrons. The molecule has 1 aliphatic rings. The molecule has 0 aromatic heterocycles. The highest BCUT2D eigenvalue weighted by molar-refractivity contribution is 14.1. The van der Waals surface area contributed by atoms with E-state index in [1.54, 1.807) is 6.07 Å². The van der Waals surface area contributed by atoms with Crippen molar-refractivity contribution in [1.29, 1.82) is 0 Å². The molecule has 0 saturated heterocycles. The first kappa shape index (κ1) is 12.9. The van der Waals surface area contributed by atoms with Gasteiger partial charge in [-0.05, 0) is 58.3 Å². The molecule has 2 nitrogen and oxygen atoms in total. The first-order chi connectivity index (χ1) is 9.15. The van der Waals surface area contributed by atoms with Crippen LogP contribution >= 0.6 is 34.2 Å². The average molecular weight is 384 g/mol. The Kier molecular flexibility index (Phi) is 3.50. The van der Waals surface area contributed by atoms with Crippen LogP contribution in [0.4, 0.5) is 5.69 Å². The lowest BCUT2D eigenvalue weighted by Gasteiger charge is -2.29. The Balaban J connectivity index is 1.77. The predicted octanol–water partition coefficient (Wildman–Crippen LogP) is 4.22. The molecule has 2 aromatic carbocycles. The van der Waals surface area contributed by atoms with E-state index >= 15 is 0 Å². The van der Waals surface area contributed by atoms with E-state index < -0.39 is 0 Å². The normalized spacial score (nSPS) is 16.4. The van der Waals surface area contributed by atoms with Gasteiger partial charge < -0.3 is 5.32 Å². The highest BCUT2D eigenvalue weighted by Gasteiger charge is 2.31. The molecule has 1 N–H and O–H groups in total. The van der Waals surface area contributed by atoms with Crippen molar-refractivity contribution >= 4 is 45.8 Å². The summed E-state index contributed by atoms with van der Waals surface area (Å²) >= 11 is 8.08. The smallest absolute Gasteiger partial charge is 0.232 e. The van der Waals surface area contributed by atoms with Gasteiger partial charge in [0.15, 0.2) is 0 Å². The number of rotatable bonds is 2. The molecule has 2 aromatic rings. The Morgan fingerprint density at radius 3 is 2.79 bits per heavy atom. The van der Waals surface area contributed by atoms with E-state index in [0.717, 1.165) is 21.2 Å². The first-order valence-electron chi connectivity index (χ1n) is 5.99. The molecule has 1 aliphatic carbocycles. The molecule has 0 fully saturated rings. The number of nitrogens with one attached hydrogen (secondary N) is 1. The van der Waals surface area contributed by atoms with Crippen LogP contribution < -0.4 is 5.32 Å². The lowest BCUT2D eigenvalue weighted by atomic mass is 9.77. The summed E-state index contributed by atoms with van der Waals surface area (Å²) in [6.07, 6.45) is 0.826. The van der Waals surface area contributed by atoms with E-state index in [1.165, 1.54) is 5.56 Å². The number of benzene rings is 2. The van der Waals surface area contributed by atoms with E-state index in [1.807, 2.05) is 30.3 Å². The average Bonchev–Trinajstić information content (AvgIpc) is 2.34. The Labute approximate surface area is 130 Å². The number of amides is 1. The summed E-state index contributed by atoms with van der Waals surface area (Å²) in [6.45, 7) is 0. The first-order valence-corrected chi connectivity index (χ1v) is 7.44. The molecule has 0 aliphatic heterocycles. The lowest BCUT2D eigenvalue weighted by Crippen LogP contribution is -2.30. The van der Waals surface area contributed by atoms with E-state index in [4.69, 9.17) is 11.6 Å². The van der Waals surface area contributed by atoms with Gasteiger partial charge in [-0.25, -0.2) is 0 Å². The summed E-state index contributed by atoms with van der Waals surface area (Å²) in [6, 6.07) is 13.5. The van der Waals surface area contributed by atoms with Gasteiger partial charge in [0.25, 0.3) is 0 Å². The fraction of sp³-hybridized carbons (Fsp3) is 0.133. The zero-order valence-corrected chi connectivity index (χ0v) is 12.9. The van der Waals surface area contributed by atoms with Crippen LogP contribution in [0.3, 0.4) is 0 Å². The molecule has 0 heterocycles. The second kappa shape index (κ2) is 5.13. The van der Waals surface area contributed by atoms with Crippen LogP contribution in [-0.4, -0.2) is 5.91 Å². The maximum atomic E-state index is 12.2. The SMILES string of the molecule is O=C(Nc1ccc(Cl)cc1I)C1Cc2ccccc21. The van der Waals surface area contributed by atoms with Crippen molar-refractivity contribution in [2.24, 2.45) is 0 Å². The summed E-state index contributed by atoms with van der Waals surface area (Å²) in [4.78, 5) is 12.2. The highest BCUT2D eigenvalue weighted by Crippen LogP contribution is 2.36. The minimum atomic E-state index is -0.0253. The van der Waals surface area contributed by atoms with Crippen molar-refractivity contribution in [3.05, 3.63) is 62.2 Å². The van der Waals surface area contributed by atoms with Gasteiger partial charge >= 0.3 is 0 Å². The van der Waals surface area contributed by atoms with Crippen molar-refractivity contribution < 1.29 is 4.79 Å². The van der Waals surface area contributed by atoms with Gasteiger partial charge in [-0.2, -0.15) is 0 Å². The lowest BCUT2D eigenvalue weighted by molar-refractivity contribution is -0.118. The van der Waals surface area contributed by atoms with Gasteiger partial charge in [-0.15, -0.1) is 0 Å². The van der Waals surface area contributed by atoms with Crippen molar-refractivity contribution in [3.63, 3.8) is 0 Å². The molecule has 0 radical (unpaired) electrons. The van der Waals surface area contributed by atoms with Crippen LogP contribution in [0.5, 0.6) is 0 Å². The van der Waals surface area contributed by atoms with Crippen molar-refractivity contribution in [2.75, 3.05) is 5.32 Å². The topological polar surface area (TPSA) is 29.1 Å². The molecular weight excluding hydrogens is 373 g/mol. The highest BCUT2D eigenvalue weighted by atomic mass is 127. The van der Waals surface area contributed by atoms with Gasteiger partial charge in [0.1, 0.15) is 0 Å². The van der Waals surface area contributed by atoms with Gasteiger partial charge in [-0.1, -0.05) is 35.9 Å². The van der Waals surface area contributed by atoms with E-state index in [0.29, 0.717) is 5.02 Å². The van der Waals surface area contributed by atoms with Crippen LogP contribution in [0.15, 0.2) is 42.5 Å². The third-order valence-corrected chi connectivity index (χ3v) is 4.49. The number of fused-ring (bicyclic) bond motifs is 1. The number of carbonyl (C=O) groups is 1. The van der Waals surface area contributed by atoms with Crippen molar-refractivity contribution in [2.45, 2.75) is 12.3 Å². The molecule has 1 amide bonds. The quantitative estimate of drug-likeness (QED) is 0.773. The number of halogens is 2. The maximum Gasteiger partial charge on any atom is 0.232 e. The molecule has 1 unspecified atom stereocenters. The van der Waals surface area contributed by atoms with Crippen LogP contribution in [0, 0.1) is 3.57 Å². The summed E-state index contributed by atoms with van der Waals surface area (Å²) in [5.41, 5.74) is 3.23. The van der Waals surface area contributed by atoms with Crippen LogP contribution in [0.2, 0.25) is 5.02 Å². The molecule has 0 bridgehead atoms. The molecule has 3 rings (SSSR count). The number of anilines is 1. The Morgan fingerprint density at radius 2 is 2.05 bits per heavy atom. The van der Waals surface area contributed by atoms with Crippen LogP contribution in [0.1, 0.15) is 17.0 Å². The van der Waals surface area contributed by atoms with Crippen LogP contribution in [-0.2, 0) is 11.2 Å². The monoisotopic (exact) mass is 383 g/mol. The van der Waals surface area contributed by atoms with Crippen molar-refractivity contribution in [3.8, 4) is 0 Å². The third kappa shape index (κ3) is 2.49. The zero-order valence-electron chi connectivity index (χ0n) is 9.99. The molecule has 4 heteroatoms. The minimum absolute atomic E-state index is 0.0253. The Morgan fingerprint density at radius 1 is 1.26 bits per heavy atom. The summed E-state index contributed by atoms with van der Waals surface area (Å²) in [5.74, 6) is 0.0293. The van der Waals surface area contributed by atoms with E-state index in [2.05, 4.69) is 34.0 Å². The van der Waals surface area contributed by atoms with Gasteiger partial charge in [0.05, 0.1) is 11.6 Å². The predicted molar refractivity (Wildman–Crippen MR) is 85.7 cm³/mol. The van der Waals surface area contributed by atoms with E-state index in [-0.39, 0.29) is 11.8 Å². The molecule has 19 heavy (non-hydrogen) atoms. The summed E-state index contributed by atoms with van der Waals surface area (Å²) in [5, 5.41) is 3.65. The number of hydrogen-bond acceptors (Lipinski definition) is 1. The Hall–Kier alpha value is -1.07. The second-order valence-electron chi connectivity index (χ2n) is 4.57. The third-order valence-electron chi connectivity index (χ3n) is 3.36. The largest absolute Gasteiger partial charge is 0.325 e.